The minimum absolute atomic E-state index is 0.115. The van der Waals surface area contributed by atoms with Crippen LogP contribution >= 0.6 is 0 Å². The summed E-state index contributed by atoms with van der Waals surface area (Å²) >= 11 is 0. The Labute approximate surface area is 119 Å². The molecule has 1 atom stereocenters. The second-order valence-corrected chi connectivity index (χ2v) is 5.25. The van der Waals surface area contributed by atoms with Gasteiger partial charge >= 0.3 is 0 Å². The molecule has 1 aromatic heterocycles. The third-order valence-electron chi connectivity index (χ3n) is 3.64. The summed E-state index contributed by atoms with van der Waals surface area (Å²) in [4.78, 5) is 17.9. The molecule has 5 heteroatoms. The Balaban J connectivity index is 2.07. The molecule has 1 aromatic rings. The molecule has 0 aliphatic carbocycles. The van der Waals surface area contributed by atoms with Gasteiger partial charge in [-0.2, -0.15) is 0 Å². The van der Waals surface area contributed by atoms with Crippen LogP contribution in [-0.2, 0) is 0 Å². The minimum atomic E-state index is -0.546. The Hall–Kier alpha value is -1.49. The van der Waals surface area contributed by atoms with E-state index in [9.17, 15) is 9.18 Å². The van der Waals surface area contributed by atoms with Crippen LogP contribution in [0, 0.1) is 5.82 Å². The van der Waals surface area contributed by atoms with Crippen LogP contribution < -0.4 is 5.32 Å². The van der Waals surface area contributed by atoms with Crippen molar-refractivity contribution in [3.8, 4) is 0 Å². The van der Waals surface area contributed by atoms with Gasteiger partial charge in [-0.3, -0.25) is 9.78 Å². The number of amides is 1. The van der Waals surface area contributed by atoms with Gasteiger partial charge in [0.25, 0.3) is 5.91 Å². The lowest BCUT2D eigenvalue weighted by molar-refractivity contribution is 0.0727. The number of rotatable bonds is 5. The summed E-state index contributed by atoms with van der Waals surface area (Å²) in [5.74, 6) is -0.783. The number of aromatic nitrogens is 1. The summed E-state index contributed by atoms with van der Waals surface area (Å²) < 4.78 is 13.7. The lowest BCUT2D eigenvalue weighted by atomic mass is 10.0. The van der Waals surface area contributed by atoms with Crippen molar-refractivity contribution in [3.63, 3.8) is 0 Å². The van der Waals surface area contributed by atoms with E-state index in [1.807, 2.05) is 6.92 Å². The average molecular weight is 279 g/mol. The van der Waals surface area contributed by atoms with Crippen molar-refractivity contribution in [2.24, 2.45) is 0 Å². The summed E-state index contributed by atoms with van der Waals surface area (Å²) in [6.07, 6.45) is 6.87. The number of nitrogens with one attached hydrogen (secondary N) is 1. The van der Waals surface area contributed by atoms with E-state index in [4.69, 9.17) is 0 Å². The van der Waals surface area contributed by atoms with Crippen molar-refractivity contribution in [2.45, 2.75) is 38.6 Å². The quantitative estimate of drug-likeness (QED) is 0.899. The number of hydrogen-bond donors (Lipinski definition) is 1. The summed E-state index contributed by atoms with van der Waals surface area (Å²) in [7, 11) is 0. The zero-order chi connectivity index (χ0) is 14.4. The van der Waals surface area contributed by atoms with Gasteiger partial charge < -0.3 is 10.2 Å². The summed E-state index contributed by atoms with van der Waals surface area (Å²) in [6, 6.07) is 1.78. The van der Waals surface area contributed by atoms with E-state index < -0.39 is 5.82 Å². The monoisotopic (exact) mass is 279 g/mol. The molecule has 1 aliphatic heterocycles. The second kappa shape index (κ2) is 7.33. The van der Waals surface area contributed by atoms with Gasteiger partial charge in [-0.1, -0.05) is 13.3 Å². The topological polar surface area (TPSA) is 45.2 Å². The molecule has 0 aromatic carbocycles. The first kappa shape index (κ1) is 14.9. The third kappa shape index (κ3) is 3.76. The van der Waals surface area contributed by atoms with Gasteiger partial charge in [-0.25, -0.2) is 4.39 Å². The molecule has 0 spiro atoms. The van der Waals surface area contributed by atoms with E-state index in [1.54, 1.807) is 4.90 Å². The molecular formula is C15H22FN3O. The molecule has 110 valence electrons. The number of carbonyl (C=O) groups is 1. The number of pyridine rings is 1. The van der Waals surface area contributed by atoms with Crippen molar-refractivity contribution in [3.05, 3.63) is 29.8 Å². The first-order valence-corrected chi connectivity index (χ1v) is 7.34. The van der Waals surface area contributed by atoms with E-state index in [1.165, 1.54) is 25.1 Å². The highest BCUT2D eigenvalue weighted by atomic mass is 19.1. The van der Waals surface area contributed by atoms with Crippen LogP contribution in [-0.4, -0.2) is 41.5 Å². The van der Waals surface area contributed by atoms with Gasteiger partial charge in [0.2, 0.25) is 0 Å². The van der Waals surface area contributed by atoms with Crippen LogP contribution in [0.25, 0.3) is 0 Å². The number of nitrogens with zero attached hydrogens (tertiary/aromatic N) is 2. The highest BCUT2D eigenvalue weighted by Gasteiger charge is 2.22. The van der Waals surface area contributed by atoms with Crippen molar-refractivity contribution in [2.75, 3.05) is 19.6 Å². The van der Waals surface area contributed by atoms with E-state index in [-0.39, 0.29) is 11.5 Å². The molecule has 1 N–H and O–H groups in total. The van der Waals surface area contributed by atoms with Crippen LogP contribution in [0.5, 0.6) is 0 Å². The zero-order valence-electron chi connectivity index (χ0n) is 11.9. The Bertz CT molecular complexity index is 446. The molecular weight excluding hydrogens is 257 g/mol. The normalized spacial score (nSPS) is 18.8. The second-order valence-electron chi connectivity index (χ2n) is 5.25. The lowest BCUT2D eigenvalue weighted by Gasteiger charge is -2.30. The molecule has 1 aliphatic rings. The minimum Gasteiger partial charge on any atom is -0.337 e. The van der Waals surface area contributed by atoms with Crippen LogP contribution in [0.15, 0.2) is 18.5 Å². The fourth-order valence-electron chi connectivity index (χ4n) is 2.61. The third-order valence-corrected chi connectivity index (χ3v) is 3.64. The Morgan fingerprint density at radius 1 is 1.55 bits per heavy atom. The molecule has 0 radical (unpaired) electrons. The largest absolute Gasteiger partial charge is 0.337 e. The van der Waals surface area contributed by atoms with E-state index >= 15 is 0 Å². The summed E-state index contributed by atoms with van der Waals surface area (Å²) in [6.45, 7) is 4.33. The van der Waals surface area contributed by atoms with Gasteiger partial charge in [0.05, 0.1) is 11.8 Å². The Kier molecular flexibility index (Phi) is 5.47. The average Bonchev–Trinajstić information content (AvgIpc) is 2.48. The highest BCUT2D eigenvalue weighted by Crippen LogP contribution is 2.13. The molecule has 2 rings (SSSR count). The molecule has 20 heavy (non-hydrogen) atoms. The number of piperidine rings is 1. The van der Waals surface area contributed by atoms with Crippen LogP contribution in [0.1, 0.15) is 43.0 Å². The molecule has 1 unspecified atom stereocenters. The van der Waals surface area contributed by atoms with Crippen molar-refractivity contribution in [1.29, 1.82) is 0 Å². The van der Waals surface area contributed by atoms with Crippen LogP contribution in [0.3, 0.4) is 0 Å². The van der Waals surface area contributed by atoms with Gasteiger partial charge in [0.15, 0.2) is 5.82 Å². The van der Waals surface area contributed by atoms with Gasteiger partial charge in [-0.15, -0.1) is 0 Å². The van der Waals surface area contributed by atoms with Crippen LogP contribution in [0.2, 0.25) is 0 Å². The molecule has 4 nitrogen and oxygen atoms in total. The SMILES string of the molecule is CCCN(CC1CCCCN1)C(=O)c1ccncc1F. The van der Waals surface area contributed by atoms with Gasteiger partial charge in [0.1, 0.15) is 0 Å². The van der Waals surface area contributed by atoms with E-state index in [2.05, 4.69) is 10.3 Å². The molecule has 0 bridgehead atoms. The standard InChI is InChI=1S/C15H22FN3O/c1-2-9-19(11-12-5-3-4-7-18-12)15(20)13-6-8-17-10-14(13)16/h6,8,10,12,18H,2-5,7,9,11H2,1H3. The number of halogens is 1. The molecule has 0 saturated carbocycles. The van der Waals surface area contributed by atoms with Crippen molar-refractivity contribution in [1.82, 2.24) is 15.2 Å². The Morgan fingerprint density at radius 3 is 3.05 bits per heavy atom. The molecule has 1 amide bonds. The first-order valence-electron chi connectivity index (χ1n) is 7.34. The van der Waals surface area contributed by atoms with Crippen LogP contribution in [0.4, 0.5) is 4.39 Å². The number of carbonyl (C=O) groups excluding carboxylic acids is 1. The summed E-state index contributed by atoms with van der Waals surface area (Å²) in [5.41, 5.74) is 0.115. The maximum absolute atomic E-state index is 13.7. The maximum Gasteiger partial charge on any atom is 0.256 e. The Morgan fingerprint density at radius 2 is 2.40 bits per heavy atom. The number of hydrogen-bond acceptors (Lipinski definition) is 3. The first-order chi connectivity index (χ1) is 9.72. The highest BCUT2D eigenvalue weighted by molar-refractivity contribution is 5.94. The van der Waals surface area contributed by atoms with Gasteiger partial charge in [-0.05, 0) is 31.9 Å². The van der Waals surface area contributed by atoms with E-state index in [0.717, 1.165) is 25.6 Å². The van der Waals surface area contributed by atoms with Gasteiger partial charge in [0, 0.05) is 25.3 Å². The molecule has 2 heterocycles. The predicted molar refractivity (Wildman–Crippen MR) is 76.0 cm³/mol. The van der Waals surface area contributed by atoms with E-state index in [0.29, 0.717) is 19.1 Å². The zero-order valence-corrected chi connectivity index (χ0v) is 11.9. The predicted octanol–water partition coefficient (Wildman–Crippen LogP) is 2.21. The lowest BCUT2D eigenvalue weighted by Crippen LogP contribution is -2.46. The molecule has 1 fully saturated rings. The summed E-state index contributed by atoms with van der Waals surface area (Å²) in [5, 5.41) is 3.43. The fraction of sp³-hybridized carbons (Fsp3) is 0.600. The molecule has 1 saturated heterocycles. The van der Waals surface area contributed by atoms with Crippen molar-refractivity contribution >= 4 is 5.91 Å². The fourth-order valence-corrected chi connectivity index (χ4v) is 2.61. The van der Waals surface area contributed by atoms with Crippen molar-refractivity contribution < 1.29 is 9.18 Å². The smallest absolute Gasteiger partial charge is 0.256 e. The maximum atomic E-state index is 13.7.